The molecule has 19 heavy (non-hydrogen) atoms. The van der Waals surface area contributed by atoms with E-state index in [-0.39, 0.29) is 0 Å². The molecule has 0 unspecified atom stereocenters. The second-order valence-electron chi connectivity index (χ2n) is 4.17. The van der Waals surface area contributed by atoms with Crippen LogP contribution < -0.4 is 11.1 Å². The van der Waals surface area contributed by atoms with E-state index in [1.165, 1.54) is 0 Å². The number of hydrogen-bond acceptors (Lipinski definition) is 6. The number of nitrogens with zero attached hydrogens (tertiary/aromatic N) is 1. The number of fused-ring (bicyclic) bond motifs is 1. The van der Waals surface area contributed by atoms with Gasteiger partial charge in [0.1, 0.15) is 0 Å². The Hall–Kier alpha value is -1.37. The summed E-state index contributed by atoms with van der Waals surface area (Å²) in [5, 5.41) is 4.32. The van der Waals surface area contributed by atoms with E-state index in [9.17, 15) is 0 Å². The third-order valence-electron chi connectivity index (χ3n) is 2.66. The number of hydrogen-bond donors (Lipinski definition) is 2. The van der Waals surface area contributed by atoms with Crippen molar-refractivity contribution in [2.24, 2.45) is 0 Å². The zero-order chi connectivity index (χ0) is 13.7. The van der Waals surface area contributed by atoms with Gasteiger partial charge in [-0.3, -0.25) is 0 Å². The maximum Gasteiger partial charge on any atom is 0.0907 e. The fraction of sp³-hybridized carbons (Fsp3) is 0.462. The molecule has 0 atom stereocenters. The SMILES string of the molecule is COCCOCCNc1cc2nc(C)sc2cc1N. The Morgan fingerprint density at radius 1 is 1.32 bits per heavy atom. The standard InChI is InChI=1S/C13H19N3O2S/c1-9-16-12-8-11(10(14)7-13(12)19-9)15-3-4-18-6-5-17-2/h7-8,15H,3-6,14H2,1-2H3. The number of thiazole rings is 1. The number of nitrogens with two attached hydrogens (primary N) is 1. The average molecular weight is 281 g/mol. The predicted octanol–water partition coefficient (Wildman–Crippen LogP) is 2.26. The molecule has 0 bridgehead atoms. The lowest BCUT2D eigenvalue weighted by Crippen LogP contribution is -2.12. The quantitative estimate of drug-likeness (QED) is 0.602. The molecule has 2 aromatic rings. The van der Waals surface area contributed by atoms with Crippen LogP contribution in [0.2, 0.25) is 0 Å². The third-order valence-corrected chi connectivity index (χ3v) is 3.59. The van der Waals surface area contributed by atoms with Gasteiger partial charge in [-0.25, -0.2) is 4.98 Å². The van der Waals surface area contributed by atoms with E-state index in [4.69, 9.17) is 15.2 Å². The molecule has 0 saturated heterocycles. The highest BCUT2D eigenvalue weighted by molar-refractivity contribution is 7.18. The van der Waals surface area contributed by atoms with Gasteiger partial charge in [-0.15, -0.1) is 11.3 Å². The van der Waals surface area contributed by atoms with E-state index >= 15 is 0 Å². The molecule has 1 heterocycles. The van der Waals surface area contributed by atoms with Gasteiger partial charge in [0.25, 0.3) is 0 Å². The number of ether oxygens (including phenoxy) is 2. The fourth-order valence-electron chi connectivity index (χ4n) is 1.76. The van der Waals surface area contributed by atoms with E-state index in [0.29, 0.717) is 26.4 Å². The molecular formula is C13H19N3O2S. The molecule has 0 fully saturated rings. The van der Waals surface area contributed by atoms with Crippen LogP contribution in [-0.4, -0.2) is 38.5 Å². The van der Waals surface area contributed by atoms with Crippen molar-refractivity contribution >= 4 is 32.9 Å². The Morgan fingerprint density at radius 3 is 2.95 bits per heavy atom. The van der Waals surface area contributed by atoms with Crippen molar-refractivity contribution in [3.8, 4) is 0 Å². The van der Waals surface area contributed by atoms with Gasteiger partial charge in [0, 0.05) is 13.7 Å². The van der Waals surface area contributed by atoms with Crippen LogP contribution in [0.1, 0.15) is 5.01 Å². The summed E-state index contributed by atoms with van der Waals surface area (Å²) in [7, 11) is 1.66. The fourth-order valence-corrected chi connectivity index (χ4v) is 2.62. The van der Waals surface area contributed by atoms with Gasteiger partial charge in [-0.1, -0.05) is 0 Å². The summed E-state index contributed by atoms with van der Waals surface area (Å²) >= 11 is 1.65. The van der Waals surface area contributed by atoms with E-state index in [1.54, 1.807) is 18.4 Å². The van der Waals surface area contributed by atoms with Crippen LogP contribution in [0.4, 0.5) is 11.4 Å². The summed E-state index contributed by atoms with van der Waals surface area (Å²) in [4.78, 5) is 4.46. The lowest BCUT2D eigenvalue weighted by Gasteiger charge is -2.09. The van der Waals surface area contributed by atoms with Gasteiger partial charge in [-0.2, -0.15) is 0 Å². The first kappa shape index (κ1) is 14.0. The summed E-state index contributed by atoms with van der Waals surface area (Å²) in [6.45, 7) is 4.56. The van der Waals surface area contributed by atoms with Crippen LogP contribution in [0.25, 0.3) is 10.2 Å². The molecule has 104 valence electrons. The number of aromatic nitrogens is 1. The lowest BCUT2D eigenvalue weighted by atomic mass is 10.2. The van der Waals surface area contributed by atoms with Gasteiger partial charge < -0.3 is 20.5 Å². The van der Waals surface area contributed by atoms with Crippen molar-refractivity contribution in [1.82, 2.24) is 4.98 Å². The lowest BCUT2D eigenvalue weighted by molar-refractivity contribution is 0.0759. The second-order valence-corrected chi connectivity index (χ2v) is 5.41. The Morgan fingerprint density at radius 2 is 2.16 bits per heavy atom. The Labute approximate surface area is 116 Å². The van der Waals surface area contributed by atoms with Gasteiger partial charge >= 0.3 is 0 Å². The zero-order valence-corrected chi connectivity index (χ0v) is 12.0. The first-order valence-electron chi connectivity index (χ1n) is 6.18. The molecule has 0 aliphatic heterocycles. The molecule has 1 aromatic carbocycles. The number of anilines is 2. The summed E-state index contributed by atoms with van der Waals surface area (Å²) in [5.41, 5.74) is 8.65. The Bertz CT molecular complexity index is 542. The molecule has 0 radical (unpaired) electrons. The largest absolute Gasteiger partial charge is 0.397 e. The van der Waals surface area contributed by atoms with Crippen molar-refractivity contribution in [3.05, 3.63) is 17.1 Å². The normalized spacial score (nSPS) is 11.1. The molecular weight excluding hydrogens is 262 g/mol. The molecule has 0 spiro atoms. The van der Waals surface area contributed by atoms with Gasteiger partial charge in [0.2, 0.25) is 0 Å². The second kappa shape index (κ2) is 6.70. The first-order valence-corrected chi connectivity index (χ1v) is 6.99. The van der Waals surface area contributed by atoms with Crippen molar-refractivity contribution < 1.29 is 9.47 Å². The van der Waals surface area contributed by atoms with Crippen LogP contribution in [0.5, 0.6) is 0 Å². The molecule has 1 aromatic heterocycles. The smallest absolute Gasteiger partial charge is 0.0907 e. The van der Waals surface area contributed by atoms with E-state index in [1.807, 2.05) is 19.1 Å². The van der Waals surface area contributed by atoms with Crippen LogP contribution in [0, 0.1) is 6.92 Å². The van der Waals surface area contributed by atoms with Gasteiger partial charge in [-0.05, 0) is 19.1 Å². The van der Waals surface area contributed by atoms with Crippen LogP contribution >= 0.6 is 11.3 Å². The molecule has 0 aliphatic rings. The highest BCUT2D eigenvalue weighted by Crippen LogP contribution is 2.29. The molecule has 6 heteroatoms. The summed E-state index contributed by atoms with van der Waals surface area (Å²) < 4.78 is 11.4. The number of methoxy groups -OCH3 is 1. The van der Waals surface area contributed by atoms with Crippen molar-refractivity contribution in [3.63, 3.8) is 0 Å². The number of nitrogen functional groups attached to an aromatic ring is 1. The minimum absolute atomic E-state index is 0.609. The highest BCUT2D eigenvalue weighted by Gasteiger charge is 2.05. The number of nitrogens with one attached hydrogen (secondary N) is 1. The third kappa shape index (κ3) is 3.79. The molecule has 2 rings (SSSR count). The molecule has 3 N–H and O–H groups in total. The summed E-state index contributed by atoms with van der Waals surface area (Å²) in [5.74, 6) is 0. The number of aryl methyl sites for hydroxylation is 1. The van der Waals surface area contributed by atoms with Crippen LogP contribution in [0.3, 0.4) is 0 Å². The average Bonchev–Trinajstić information content (AvgIpc) is 2.72. The Kier molecular flexibility index (Phi) is 4.95. The van der Waals surface area contributed by atoms with E-state index in [0.717, 1.165) is 26.6 Å². The van der Waals surface area contributed by atoms with Crippen LogP contribution in [0.15, 0.2) is 12.1 Å². The monoisotopic (exact) mass is 281 g/mol. The predicted molar refractivity (Wildman–Crippen MR) is 80.0 cm³/mol. The minimum Gasteiger partial charge on any atom is -0.397 e. The summed E-state index contributed by atoms with van der Waals surface area (Å²) in [6, 6.07) is 3.96. The maximum absolute atomic E-state index is 6.01. The zero-order valence-electron chi connectivity index (χ0n) is 11.2. The van der Waals surface area contributed by atoms with E-state index in [2.05, 4.69) is 10.3 Å². The number of benzene rings is 1. The first-order chi connectivity index (χ1) is 9.20. The van der Waals surface area contributed by atoms with Crippen molar-refractivity contribution in [1.29, 1.82) is 0 Å². The van der Waals surface area contributed by atoms with Crippen molar-refractivity contribution in [2.75, 3.05) is 44.5 Å². The van der Waals surface area contributed by atoms with Crippen LogP contribution in [-0.2, 0) is 9.47 Å². The topological polar surface area (TPSA) is 69.4 Å². The molecule has 0 aliphatic carbocycles. The summed E-state index contributed by atoms with van der Waals surface area (Å²) in [6.07, 6.45) is 0. The number of rotatable bonds is 7. The molecule has 0 amide bonds. The minimum atomic E-state index is 0.609. The van der Waals surface area contributed by atoms with Gasteiger partial charge in [0.15, 0.2) is 0 Å². The maximum atomic E-state index is 6.01. The van der Waals surface area contributed by atoms with E-state index < -0.39 is 0 Å². The van der Waals surface area contributed by atoms with Gasteiger partial charge in [0.05, 0.1) is 46.4 Å². The Balaban J connectivity index is 1.91. The molecule has 5 nitrogen and oxygen atoms in total. The highest BCUT2D eigenvalue weighted by atomic mass is 32.1. The van der Waals surface area contributed by atoms with Crippen molar-refractivity contribution in [2.45, 2.75) is 6.92 Å². The molecule has 0 saturated carbocycles.